The molecule has 1 aliphatic heterocycles. The molecule has 0 bridgehead atoms. The molecule has 3 heterocycles. The van der Waals surface area contributed by atoms with Crippen molar-refractivity contribution in [3.05, 3.63) is 54.0 Å². The highest BCUT2D eigenvalue weighted by atomic mass is 19.4. The molecule has 1 saturated heterocycles. The van der Waals surface area contributed by atoms with E-state index >= 15 is 0 Å². The first-order valence-electron chi connectivity index (χ1n) is 14.1. The molecule has 0 aliphatic carbocycles. The topological polar surface area (TPSA) is 105 Å². The van der Waals surface area contributed by atoms with Crippen LogP contribution in [0.2, 0.25) is 0 Å². The molecule has 2 aromatic heterocycles. The number of hydrogen-bond acceptors (Lipinski definition) is 8. The Labute approximate surface area is 242 Å². The van der Waals surface area contributed by atoms with Crippen LogP contribution in [0.4, 0.5) is 24.8 Å². The largest absolute Gasteiger partial charge is 0.433 e. The van der Waals surface area contributed by atoms with Crippen LogP contribution in [0.3, 0.4) is 0 Å². The molecular formula is C29H47F3N6O3. The maximum atomic E-state index is 13.3. The van der Waals surface area contributed by atoms with Crippen LogP contribution in [0, 0.1) is 0 Å². The molecule has 2 aromatic rings. The first-order valence-corrected chi connectivity index (χ1v) is 14.1. The van der Waals surface area contributed by atoms with E-state index in [9.17, 15) is 18.0 Å². The summed E-state index contributed by atoms with van der Waals surface area (Å²) in [6.45, 7) is 13.3. The highest BCUT2D eigenvalue weighted by Gasteiger charge is 2.37. The smallest absolute Gasteiger partial charge is 0.392 e. The lowest BCUT2D eigenvalue weighted by molar-refractivity contribution is -0.142. The predicted octanol–water partition coefficient (Wildman–Crippen LogP) is 5.61. The number of nitrogens with zero attached hydrogens (tertiary/aromatic N) is 4. The lowest BCUT2D eigenvalue weighted by atomic mass is 10.1. The molecule has 3 rings (SSSR count). The second-order valence-corrected chi connectivity index (χ2v) is 8.02. The molecule has 41 heavy (non-hydrogen) atoms. The molecule has 232 valence electrons. The molecule has 1 aliphatic rings. The lowest BCUT2D eigenvalue weighted by Gasteiger charge is -2.26. The molecule has 1 fully saturated rings. The molecule has 0 saturated carbocycles. The molecule has 0 amide bonds. The third kappa shape index (κ3) is 14.2. The first kappa shape index (κ1) is 37.6. The maximum absolute atomic E-state index is 13.3. The van der Waals surface area contributed by atoms with Gasteiger partial charge in [-0.3, -0.25) is 4.79 Å². The van der Waals surface area contributed by atoms with Gasteiger partial charge in [0.15, 0.2) is 11.5 Å². The number of ether oxygens (including phenoxy) is 1. The van der Waals surface area contributed by atoms with E-state index in [1.165, 1.54) is 12.3 Å². The van der Waals surface area contributed by atoms with Gasteiger partial charge in [-0.2, -0.15) is 13.2 Å². The van der Waals surface area contributed by atoms with Gasteiger partial charge in [0.1, 0.15) is 12.1 Å². The van der Waals surface area contributed by atoms with E-state index in [-0.39, 0.29) is 6.61 Å². The van der Waals surface area contributed by atoms with Crippen molar-refractivity contribution in [3.8, 4) is 5.69 Å². The minimum atomic E-state index is -4.47. The molecule has 0 atom stereocenters. The Bertz CT molecular complexity index is 1000. The average Bonchev–Trinajstić information content (AvgIpc) is 3.48. The summed E-state index contributed by atoms with van der Waals surface area (Å²) in [5.41, 5.74) is 0.172. The quantitative estimate of drug-likeness (QED) is 0.135. The standard InChI is InChI=1S/C15H18F3N5.C10H17NO3.2C2H6/c1-19-13-6-5-11(10-20-13)23-12(15(16,17)18)9-14(21-23)22-7-3-2-4-8-22;1-2-14-7-5-11-8-10(9-13)4-3-6-12;2*1-2/h5-6,9-10H,2-4,7-8H2,1H3,(H,19,20);3-4,6,8,11,13H,2,5,7,9H2,1H3;2*1-2H3/b;4-3-,10-8+;;. The van der Waals surface area contributed by atoms with Gasteiger partial charge < -0.3 is 25.4 Å². The van der Waals surface area contributed by atoms with E-state index in [0.29, 0.717) is 48.9 Å². The number of rotatable bonds is 11. The van der Waals surface area contributed by atoms with E-state index in [1.54, 1.807) is 31.5 Å². The van der Waals surface area contributed by atoms with Crippen molar-refractivity contribution < 1.29 is 27.8 Å². The Morgan fingerprint density at radius 3 is 2.34 bits per heavy atom. The van der Waals surface area contributed by atoms with Gasteiger partial charge in [-0.25, -0.2) is 9.67 Å². The Balaban J connectivity index is 0.000000769. The number of carbonyl (C=O) groups excluding carboxylic acids is 1. The van der Waals surface area contributed by atoms with Gasteiger partial charge in [0, 0.05) is 45.6 Å². The second kappa shape index (κ2) is 22.3. The van der Waals surface area contributed by atoms with Gasteiger partial charge in [-0.05, 0) is 50.0 Å². The van der Waals surface area contributed by atoms with Gasteiger partial charge in [0.05, 0.1) is 25.1 Å². The van der Waals surface area contributed by atoms with Crippen molar-refractivity contribution in [2.75, 3.05) is 56.7 Å². The Hall–Kier alpha value is -3.38. The molecule has 0 aromatic carbocycles. The molecule has 0 spiro atoms. The van der Waals surface area contributed by atoms with Gasteiger partial charge >= 0.3 is 6.18 Å². The number of anilines is 2. The normalized spacial score (nSPS) is 13.2. The predicted molar refractivity (Wildman–Crippen MR) is 160 cm³/mol. The van der Waals surface area contributed by atoms with Crippen LogP contribution in [-0.4, -0.2) is 72.7 Å². The van der Waals surface area contributed by atoms with Crippen molar-refractivity contribution in [2.45, 2.75) is 60.1 Å². The van der Waals surface area contributed by atoms with E-state index < -0.39 is 11.9 Å². The van der Waals surface area contributed by atoms with Crippen LogP contribution >= 0.6 is 0 Å². The monoisotopic (exact) mass is 584 g/mol. The SMILES string of the molecule is CC.CC.CCOCCN/C=C(\C=C/C=O)CO.CNc1ccc(-n2nc(N3CCCCC3)cc2C(F)(F)F)cn1. The number of nitrogens with one attached hydrogen (secondary N) is 2. The number of alkyl halides is 3. The van der Waals surface area contributed by atoms with Crippen molar-refractivity contribution in [3.63, 3.8) is 0 Å². The molecule has 0 unspecified atom stereocenters. The average molecular weight is 585 g/mol. The number of aromatic nitrogens is 3. The van der Waals surface area contributed by atoms with Crippen LogP contribution in [0.15, 0.2) is 48.3 Å². The summed E-state index contributed by atoms with van der Waals surface area (Å²) in [6, 6.07) is 4.32. The third-order valence-corrected chi connectivity index (χ3v) is 5.37. The lowest BCUT2D eigenvalue weighted by Crippen LogP contribution is -2.29. The maximum Gasteiger partial charge on any atom is 0.433 e. The summed E-state index contributed by atoms with van der Waals surface area (Å²) in [5.74, 6) is 0.959. The summed E-state index contributed by atoms with van der Waals surface area (Å²) < 4.78 is 46.1. The summed E-state index contributed by atoms with van der Waals surface area (Å²) in [5, 5.41) is 18.8. The highest BCUT2D eigenvalue weighted by molar-refractivity contribution is 5.65. The Morgan fingerprint density at radius 1 is 1.15 bits per heavy atom. The summed E-state index contributed by atoms with van der Waals surface area (Å²) in [7, 11) is 1.70. The summed E-state index contributed by atoms with van der Waals surface area (Å²) in [4.78, 5) is 16.0. The van der Waals surface area contributed by atoms with Crippen LogP contribution in [0.1, 0.15) is 59.6 Å². The number of pyridine rings is 1. The van der Waals surface area contributed by atoms with E-state index in [1.807, 2.05) is 39.5 Å². The minimum Gasteiger partial charge on any atom is -0.392 e. The van der Waals surface area contributed by atoms with Gasteiger partial charge in [-0.15, -0.1) is 5.10 Å². The number of aldehydes is 1. The zero-order chi connectivity index (χ0) is 31.1. The van der Waals surface area contributed by atoms with Gasteiger partial charge in [0.2, 0.25) is 0 Å². The number of allylic oxidation sites excluding steroid dienone is 1. The fraction of sp³-hybridized carbons (Fsp3) is 0.552. The van der Waals surface area contributed by atoms with E-state index in [2.05, 4.69) is 20.7 Å². The Kier molecular flexibility index (Phi) is 20.5. The van der Waals surface area contributed by atoms with Crippen LogP contribution in [0.25, 0.3) is 5.69 Å². The molecular weight excluding hydrogens is 537 g/mol. The number of hydrogen-bond donors (Lipinski definition) is 3. The van der Waals surface area contributed by atoms with Gasteiger partial charge in [-0.1, -0.05) is 33.8 Å². The van der Waals surface area contributed by atoms with Gasteiger partial charge in [0.25, 0.3) is 0 Å². The van der Waals surface area contributed by atoms with Crippen LogP contribution < -0.4 is 15.5 Å². The fourth-order valence-electron chi connectivity index (χ4n) is 3.49. The second-order valence-electron chi connectivity index (χ2n) is 8.02. The number of aliphatic hydroxyl groups excluding tert-OH is 1. The van der Waals surface area contributed by atoms with Crippen molar-refractivity contribution in [1.29, 1.82) is 0 Å². The Morgan fingerprint density at radius 2 is 1.83 bits per heavy atom. The first-order chi connectivity index (χ1) is 19.8. The molecule has 3 N–H and O–H groups in total. The number of halogens is 3. The van der Waals surface area contributed by atoms with E-state index in [0.717, 1.165) is 43.1 Å². The number of aliphatic hydroxyl groups is 1. The van der Waals surface area contributed by atoms with Crippen LogP contribution in [0.5, 0.6) is 0 Å². The highest BCUT2D eigenvalue weighted by Crippen LogP contribution is 2.34. The minimum absolute atomic E-state index is 0.0913. The number of carbonyl (C=O) groups is 1. The fourth-order valence-corrected chi connectivity index (χ4v) is 3.49. The summed E-state index contributed by atoms with van der Waals surface area (Å²) >= 11 is 0. The third-order valence-electron chi connectivity index (χ3n) is 5.37. The molecule has 12 heteroatoms. The van der Waals surface area contributed by atoms with E-state index in [4.69, 9.17) is 9.84 Å². The molecule has 9 nitrogen and oxygen atoms in total. The molecule has 0 radical (unpaired) electrons. The number of piperidine rings is 1. The zero-order valence-corrected chi connectivity index (χ0v) is 25.2. The van der Waals surface area contributed by atoms with Crippen molar-refractivity contribution in [1.82, 2.24) is 20.1 Å². The van der Waals surface area contributed by atoms with Crippen molar-refractivity contribution >= 4 is 17.9 Å². The van der Waals surface area contributed by atoms with Crippen molar-refractivity contribution in [2.24, 2.45) is 0 Å². The summed E-state index contributed by atoms with van der Waals surface area (Å²) in [6.07, 6.45) is 5.21. The zero-order valence-electron chi connectivity index (χ0n) is 25.2. The van der Waals surface area contributed by atoms with Crippen LogP contribution in [-0.2, 0) is 15.7 Å².